The lowest BCUT2D eigenvalue weighted by molar-refractivity contribution is 0.00554. The van der Waals surface area contributed by atoms with Gasteiger partial charge in [0.2, 0.25) is 0 Å². The molecule has 13 heteroatoms. The van der Waals surface area contributed by atoms with Crippen LogP contribution in [0.4, 0.5) is 21.0 Å². The number of urea groups is 1. The monoisotopic (exact) mass is 574 g/mol. The van der Waals surface area contributed by atoms with Crippen molar-refractivity contribution >= 4 is 35.1 Å². The van der Waals surface area contributed by atoms with Gasteiger partial charge in [0.15, 0.2) is 11.5 Å². The number of hydrogen-bond donors (Lipinski definition) is 2. The first kappa shape index (κ1) is 28.1. The highest BCUT2D eigenvalue weighted by Crippen LogP contribution is 2.34. The second-order valence-corrected chi connectivity index (χ2v) is 11.5. The van der Waals surface area contributed by atoms with Crippen molar-refractivity contribution in [2.45, 2.75) is 51.8 Å². The van der Waals surface area contributed by atoms with Crippen LogP contribution in [-0.2, 0) is 11.3 Å². The van der Waals surface area contributed by atoms with Crippen LogP contribution in [0.25, 0.3) is 0 Å². The van der Waals surface area contributed by atoms with Gasteiger partial charge >= 0.3 is 12.1 Å². The van der Waals surface area contributed by atoms with Crippen LogP contribution in [0, 0.1) is 0 Å². The molecule has 0 radical (unpaired) electrons. The smallest absolute Gasteiger partial charge is 0.410 e. The number of nitrogens with zero attached hydrogens (tertiary/aromatic N) is 5. The minimum Gasteiger partial charge on any atom is -0.486 e. The number of aromatic nitrogens is 1. The van der Waals surface area contributed by atoms with Gasteiger partial charge in [0.05, 0.1) is 24.1 Å². The van der Waals surface area contributed by atoms with Crippen molar-refractivity contribution in [1.29, 1.82) is 0 Å². The zero-order valence-electron chi connectivity index (χ0n) is 22.9. The summed E-state index contributed by atoms with van der Waals surface area (Å²) < 4.78 is 17.0. The van der Waals surface area contributed by atoms with Gasteiger partial charge in [0.1, 0.15) is 24.5 Å². The molecule has 3 aliphatic heterocycles. The fourth-order valence-electron chi connectivity index (χ4n) is 5.04. The van der Waals surface area contributed by atoms with Crippen LogP contribution in [-0.4, -0.2) is 83.2 Å². The number of ether oxygens (including phenoxy) is 3. The van der Waals surface area contributed by atoms with Gasteiger partial charge < -0.3 is 19.1 Å². The van der Waals surface area contributed by atoms with Crippen molar-refractivity contribution in [3.63, 3.8) is 0 Å². The number of hydrazine groups is 1. The van der Waals surface area contributed by atoms with E-state index in [9.17, 15) is 14.8 Å². The number of hydrogen-bond acceptors (Lipinski definition) is 9. The van der Waals surface area contributed by atoms with E-state index >= 15 is 0 Å². The maximum Gasteiger partial charge on any atom is 0.410 e. The zero-order chi connectivity index (χ0) is 28.4. The highest BCUT2D eigenvalue weighted by molar-refractivity contribution is 6.31. The number of nitrogens with one attached hydrogen (secondary N) is 1. The molecule has 40 heavy (non-hydrogen) atoms. The minimum atomic E-state index is -0.630. The van der Waals surface area contributed by atoms with Gasteiger partial charge in [-0.05, 0) is 51.8 Å². The lowest BCUT2D eigenvalue weighted by atomic mass is 10.0. The van der Waals surface area contributed by atoms with E-state index in [-0.39, 0.29) is 12.1 Å². The average molecular weight is 575 g/mol. The van der Waals surface area contributed by atoms with E-state index in [1.807, 2.05) is 26.8 Å². The van der Waals surface area contributed by atoms with Crippen molar-refractivity contribution in [3.8, 4) is 11.5 Å². The molecule has 1 fully saturated rings. The van der Waals surface area contributed by atoms with Gasteiger partial charge in [-0.3, -0.25) is 20.0 Å². The summed E-state index contributed by atoms with van der Waals surface area (Å²) in [5.41, 5.74) is 3.48. The number of anilines is 2. The van der Waals surface area contributed by atoms with Crippen LogP contribution in [0.2, 0.25) is 5.02 Å². The average Bonchev–Trinajstić information content (AvgIpc) is 2.91. The van der Waals surface area contributed by atoms with E-state index < -0.39 is 11.6 Å². The third-order valence-corrected chi connectivity index (χ3v) is 7.22. The lowest BCUT2D eigenvalue weighted by Crippen LogP contribution is -2.55. The van der Waals surface area contributed by atoms with Crippen LogP contribution in [0.15, 0.2) is 30.5 Å². The van der Waals surface area contributed by atoms with Crippen molar-refractivity contribution in [2.24, 2.45) is 0 Å². The quantitative estimate of drug-likeness (QED) is 0.526. The third-order valence-electron chi connectivity index (χ3n) is 6.99. The van der Waals surface area contributed by atoms with Gasteiger partial charge in [0.25, 0.3) is 0 Å². The molecule has 0 spiro atoms. The number of rotatable bonds is 6. The summed E-state index contributed by atoms with van der Waals surface area (Å²) in [6, 6.07) is 6.31. The second-order valence-electron chi connectivity index (χ2n) is 11.0. The first-order valence-corrected chi connectivity index (χ1v) is 13.8. The van der Waals surface area contributed by atoms with E-state index in [4.69, 9.17) is 25.8 Å². The Hall–Kier alpha value is -3.48. The summed E-state index contributed by atoms with van der Waals surface area (Å²) in [6.45, 7) is 9.32. The van der Waals surface area contributed by atoms with Gasteiger partial charge in [-0.15, -0.1) is 0 Å². The molecule has 3 amide bonds. The minimum absolute atomic E-state index is 0.0399. The normalized spacial score (nSPS) is 17.8. The fraction of sp³-hybridized carbons (Fsp3) is 0.519. The van der Waals surface area contributed by atoms with Crippen molar-refractivity contribution in [2.75, 3.05) is 49.5 Å². The van der Waals surface area contributed by atoms with Crippen LogP contribution in [0.5, 0.6) is 11.5 Å². The highest BCUT2D eigenvalue weighted by atomic mass is 35.5. The number of fused-ring (bicyclic) bond motifs is 2. The highest BCUT2D eigenvalue weighted by Gasteiger charge is 2.33. The molecule has 2 N–H and O–H groups in total. The molecule has 1 aromatic carbocycles. The molecule has 0 bridgehead atoms. The molecule has 0 unspecified atom stereocenters. The molecule has 3 aliphatic rings. The largest absolute Gasteiger partial charge is 0.486 e. The fourth-order valence-corrected chi connectivity index (χ4v) is 5.21. The summed E-state index contributed by atoms with van der Waals surface area (Å²) in [7, 11) is 0. The molecule has 1 aromatic heterocycles. The Bertz CT molecular complexity index is 1250. The predicted molar refractivity (Wildman–Crippen MR) is 148 cm³/mol. The van der Waals surface area contributed by atoms with Gasteiger partial charge in [-0.25, -0.2) is 15.0 Å². The summed E-state index contributed by atoms with van der Waals surface area (Å²) in [6.07, 6.45) is 2.73. The summed E-state index contributed by atoms with van der Waals surface area (Å²) in [5.74, 6) is 1.23. The lowest BCUT2D eigenvalue weighted by Gasteiger charge is -2.40. The van der Waals surface area contributed by atoms with Gasteiger partial charge in [-0.2, -0.15) is 5.17 Å². The third kappa shape index (κ3) is 6.45. The van der Waals surface area contributed by atoms with E-state index in [1.165, 1.54) is 0 Å². The Morgan fingerprint density at radius 1 is 1.15 bits per heavy atom. The summed E-state index contributed by atoms with van der Waals surface area (Å²) in [5, 5.41) is 11.3. The SMILES string of the molecule is CC(C)(C)OC(=O)N(Cc1cc2c(cn1)OCCO2)C1CCN(CCN2C(=O)NN(O)c3ccc(Cl)cc32)CC1. The standard InChI is InChI=1S/C27H35ClN6O6/c1-27(2,3)40-26(36)33(17-19-15-23-24(16-29-19)39-13-12-38-23)20-6-8-31(9-7-20)10-11-32-22-14-18(28)4-5-21(22)34(37)30-25(32)35/h4-5,14-16,20,37H,6-13,17H2,1-3H3,(H,30,35). The van der Waals surface area contributed by atoms with Crippen molar-refractivity contribution in [1.82, 2.24) is 20.2 Å². The predicted octanol–water partition coefficient (Wildman–Crippen LogP) is 4.05. The van der Waals surface area contributed by atoms with E-state index in [1.54, 1.807) is 34.2 Å². The molecule has 1 saturated heterocycles. The topological polar surface area (TPSA) is 120 Å². The number of carbonyl (C=O) groups excluding carboxylic acids is 2. The Morgan fingerprint density at radius 3 is 2.60 bits per heavy atom. The molecular formula is C27H35ClN6O6. The number of carbonyl (C=O) groups is 2. The van der Waals surface area contributed by atoms with Crippen molar-refractivity contribution < 1.29 is 29.0 Å². The molecule has 12 nitrogen and oxygen atoms in total. The first-order chi connectivity index (χ1) is 19.1. The number of amides is 3. The molecular weight excluding hydrogens is 540 g/mol. The molecule has 0 atom stereocenters. The Kier molecular flexibility index (Phi) is 8.11. The van der Waals surface area contributed by atoms with Crippen molar-refractivity contribution in [3.05, 3.63) is 41.2 Å². The Labute approximate surface area is 238 Å². The second kappa shape index (κ2) is 11.6. The molecule has 2 aromatic rings. The van der Waals surface area contributed by atoms with Gasteiger partial charge in [0, 0.05) is 43.3 Å². The molecule has 0 aliphatic carbocycles. The van der Waals surface area contributed by atoms with Crippen LogP contribution >= 0.6 is 11.6 Å². The van der Waals surface area contributed by atoms with E-state index in [0.717, 1.165) is 25.9 Å². The Balaban J connectivity index is 1.23. The van der Waals surface area contributed by atoms with E-state index in [2.05, 4.69) is 15.3 Å². The summed E-state index contributed by atoms with van der Waals surface area (Å²) in [4.78, 5) is 36.0. The Morgan fingerprint density at radius 2 is 1.88 bits per heavy atom. The van der Waals surface area contributed by atoms with E-state index in [0.29, 0.717) is 71.6 Å². The first-order valence-electron chi connectivity index (χ1n) is 13.4. The van der Waals surface area contributed by atoms with Crippen LogP contribution < -0.4 is 25.0 Å². The molecule has 0 saturated carbocycles. The van der Waals surface area contributed by atoms with Crippen LogP contribution in [0.1, 0.15) is 39.3 Å². The molecule has 4 heterocycles. The number of likely N-dealkylation sites (tertiary alicyclic amines) is 1. The number of benzene rings is 1. The maximum absolute atomic E-state index is 13.3. The maximum atomic E-state index is 13.3. The van der Waals surface area contributed by atoms with Crippen LogP contribution in [0.3, 0.4) is 0 Å². The molecule has 5 rings (SSSR count). The van der Waals surface area contributed by atoms with Gasteiger partial charge in [-0.1, -0.05) is 11.6 Å². The molecule has 216 valence electrons. The number of pyridine rings is 1. The summed E-state index contributed by atoms with van der Waals surface area (Å²) >= 11 is 6.16. The zero-order valence-corrected chi connectivity index (χ0v) is 23.7. The number of halogens is 1. The number of piperidine rings is 1.